The molecule has 3 atom stereocenters. The lowest BCUT2D eigenvalue weighted by Gasteiger charge is -2.33. The van der Waals surface area contributed by atoms with Crippen LogP contribution in [0.15, 0.2) is 0 Å². The molecule has 0 heterocycles. The van der Waals surface area contributed by atoms with Crippen LogP contribution in [0.5, 0.6) is 0 Å². The van der Waals surface area contributed by atoms with Crippen molar-refractivity contribution in [3.05, 3.63) is 0 Å². The molecule has 0 radical (unpaired) electrons. The Morgan fingerprint density at radius 2 is 1.79 bits per heavy atom. The maximum Gasteiger partial charge on any atom is 0.00908 e. The largest absolute Gasteiger partial charge is 0.328 e. The maximum atomic E-state index is 6.20. The fourth-order valence-corrected chi connectivity index (χ4v) is 2.62. The van der Waals surface area contributed by atoms with Crippen LogP contribution in [0, 0.1) is 11.3 Å². The molecule has 1 rings (SSSR count). The van der Waals surface area contributed by atoms with Crippen molar-refractivity contribution in [2.45, 2.75) is 65.0 Å². The lowest BCUT2D eigenvalue weighted by Crippen LogP contribution is -2.41. The van der Waals surface area contributed by atoms with Gasteiger partial charge in [0.05, 0.1) is 0 Å². The Balaban J connectivity index is 2.64. The van der Waals surface area contributed by atoms with E-state index in [9.17, 15) is 0 Å². The third-order valence-electron chi connectivity index (χ3n) is 3.71. The smallest absolute Gasteiger partial charge is 0.00908 e. The SMILES string of the molecule is CC1CCC[C@@H](N)C(C)(C)C[C@@H](N)C1. The standard InChI is InChI=1S/C12H26N2/c1-9-5-4-6-11(14)12(2,3)8-10(13)7-9/h9-11H,4-8,13-14H2,1-3H3/t9?,10-,11+/m0/s1. The van der Waals surface area contributed by atoms with Crippen LogP contribution in [-0.2, 0) is 0 Å². The molecule has 0 amide bonds. The van der Waals surface area contributed by atoms with Crippen molar-refractivity contribution in [3.63, 3.8) is 0 Å². The first-order valence-electron chi connectivity index (χ1n) is 5.93. The number of hydrogen-bond donors (Lipinski definition) is 2. The summed E-state index contributed by atoms with van der Waals surface area (Å²) in [4.78, 5) is 0. The number of nitrogens with two attached hydrogens (primary N) is 2. The molecule has 14 heavy (non-hydrogen) atoms. The average Bonchev–Trinajstić information content (AvgIpc) is 2.04. The average molecular weight is 198 g/mol. The Hall–Kier alpha value is -0.0800. The molecule has 2 nitrogen and oxygen atoms in total. The van der Waals surface area contributed by atoms with Gasteiger partial charge in [0.15, 0.2) is 0 Å². The van der Waals surface area contributed by atoms with Gasteiger partial charge in [-0.2, -0.15) is 0 Å². The molecule has 0 aromatic carbocycles. The summed E-state index contributed by atoms with van der Waals surface area (Å²) in [6.45, 7) is 6.82. The van der Waals surface area contributed by atoms with Gasteiger partial charge >= 0.3 is 0 Å². The normalized spacial score (nSPS) is 39.6. The summed E-state index contributed by atoms with van der Waals surface area (Å²) >= 11 is 0. The van der Waals surface area contributed by atoms with Crippen molar-refractivity contribution < 1.29 is 0 Å². The van der Waals surface area contributed by atoms with Crippen LogP contribution in [-0.4, -0.2) is 12.1 Å². The zero-order chi connectivity index (χ0) is 10.8. The second kappa shape index (κ2) is 4.63. The fraction of sp³-hybridized carbons (Fsp3) is 1.00. The second-order valence-electron chi connectivity index (χ2n) is 5.83. The van der Waals surface area contributed by atoms with Gasteiger partial charge in [-0.3, -0.25) is 0 Å². The lowest BCUT2D eigenvalue weighted by atomic mass is 9.77. The Morgan fingerprint density at radius 3 is 2.43 bits per heavy atom. The molecule has 1 saturated carbocycles. The van der Waals surface area contributed by atoms with Gasteiger partial charge in [-0.1, -0.05) is 33.6 Å². The molecule has 1 fully saturated rings. The van der Waals surface area contributed by atoms with Crippen molar-refractivity contribution >= 4 is 0 Å². The van der Waals surface area contributed by atoms with Gasteiger partial charge in [-0.15, -0.1) is 0 Å². The summed E-state index contributed by atoms with van der Waals surface area (Å²) < 4.78 is 0. The molecule has 1 aliphatic carbocycles. The summed E-state index contributed by atoms with van der Waals surface area (Å²) in [6.07, 6.45) is 5.94. The molecule has 0 aromatic rings. The van der Waals surface area contributed by atoms with E-state index in [1.165, 1.54) is 12.8 Å². The third-order valence-corrected chi connectivity index (χ3v) is 3.71. The summed E-state index contributed by atoms with van der Waals surface area (Å²) in [6, 6.07) is 0.656. The van der Waals surface area contributed by atoms with Crippen LogP contribution >= 0.6 is 0 Å². The third kappa shape index (κ3) is 3.25. The highest BCUT2D eigenvalue weighted by molar-refractivity contribution is 4.87. The molecule has 0 spiro atoms. The van der Waals surface area contributed by atoms with Gasteiger partial charge in [-0.25, -0.2) is 0 Å². The quantitative estimate of drug-likeness (QED) is 0.627. The van der Waals surface area contributed by atoms with Gasteiger partial charge < -0.3 is 11.5 Å². The van der Waals surface area contributed by atoms with Crippen LogP contribution in [0.25, 0.3) is 0 Å². The van der Waals surface area contributed by atoms with Crippen LogP contribution in [0.4, 0.5) is 0 Å². The first-order valence-corrected chi connectivity index (χ1v) is 5.93. The minimum atomic E-state index is 0.212. The maximum absolute atomic E-state index is 6.20. The zero-order valence-corrected chi connectivity index (χ0v) is 9.92. The van der Waals surface area contributed by atoms with Crippen molar-refractivity contribution in [3.8, 4) is 0 Å². The Morgan fingerprint density at radius 1 is 1.14 bits per heavy atom. The molecule has 84 valence electrons. The molecule has 1 aliphatic rings. The van der Waals surface area contributed by atoms with E-state index < -0.39 is 0 Å². The van der Waals surface area contributed by atoms with Crippen molar-refractivity contribution in [1.29, 1.82) is 0 Å². The van der Waals surface area contributed by atoms with Gasteiger partial charge in [-0.05, 0) is 30.6 Å². The van der Waals surface area contributed by atoms with E-state index in [4.69, 9.17) is 11.5 Å². The van der Waals surface area contributed by atoms with Gasteiger partial charge in [0.2, 0.25) is 0 Å². The van der Waals surface area contributed by atoms with Crippen molar-refractivity contribution in [2.75, 3.05) is 0 Å². The fourth-order valence-electron chi connectivity index (χ4n) is 2.62. The number of rotatable bonds is 0. The predicted octanol–water partition coefficient (Wildman–Crippen LogP) is 2.27. The van der Waals surface area contributed by atoms with E-state index in [-0.39, 0.29) is 5.41 Å². The summed E-state index contributed by atoms with van der Waals surface area (Å²) in [5, 5.41) is 0. The molecular formula is C12H26N2. The highest BCUT2D eigenvalue weighted by atomic mass is 14.7. The number of hydrogen-bond acceptors (Lipinski definition) is 2. The van der Waals surface area contributed by atoms with E-state index >= 15 is 0 Å². The lowest BCUT2D eigenvalue weighted by molar-refractivity contribution is 0.232. The molecule has 0 saturated heterocycles. The second-order valence-corrected chi connectivity index (χ2v) is 5.83. The van der Waals surface area contributed by atoms with E-state index in [1.807, 2.05) is 0 Å². The Kier molecular flexibility index (Phi) is 3.96. The molecule has 4 N–H and O–H groups in total. The molecule has 0 bridgehead atoms. The van der Waals surface area contributed by atoms with Gasteiger partial charge in [0.1, 0.15) is 0 Å². The van der Waals surface area contributed by atoms with Crippen molar-refractivity contribution in [2.24, 2.45) is 22.8 Å². The van der Waals surface area contributed by atoms with Gasteiger partial charge in [0.25, 0.3) is 0 Å². The van der Waals surface area contributed by atoms with Crippen molar-refractivity contribution in [1.82, 2.24) is 0 Å². The predicted molar refractivity (Wildman–Crippen MR) is 62.0 cm³/mol. The minimum absolute atomic E-state index is 0.212. The van der Waals surface area contributed by atoms with E-state index in [1.54, 1.807) is 0 Å². The van der Waals surface area contributed by atoms with Crippen LogP contribution in [0.2, 0.25) is 0 Å². The highest BCUT2D eigenvalue weighted by Crippen LogP contribution is 2.32. The van der Waals surface area contributed by atoms with E-state index in [2.05, 4.69) is 20.8 Å². The minimum Gasteiger partial charge on any atom is -0.328 e. The van der Waals surface area contributed by atoms with E-state index in [0.717, 1.165) is 25.2 Å². The van der Waals surface area contributed by atoms with E-state index in [0.29, 0.717) is 12.1 Å². The monoisotopic (exact) mass is 198 g/mol. The summed E-state index contributed by atoms with van der Waals surface area (Å²) in [5.74, 6) is 0.770. The topological polar surface area (TPSA) is 52.0 Å². The zero-order valence-electron chi connectivity index (χ0n) is 9.92. The summed E-state index contributed by atoms with van der Waals surface area (Å²) in [7, 11) is 0. The van der Waals surface area contributed by atoms with Crippen LogP contribution in [0.3, 0.4) is 0 Å². The first-order chi connectivity index (χ1) is 6.42. The first kappa shape index (κ1) is 12.0. The molecule has 0 aromatic heterocycles. The summed E-state index contributed by atoms with van der Waals surface area (Å²) in [5.41, 5.74) is 12.6. The molecule has 1 unspecified atom stereocenters. The Bertz CT molecular complexity index is 177. The Labute approximate surface area is 88.4 Å². The molecular weight excluding hydrogens is 172 g/mol. The van der Waals surface area contributed by atoms with Crippen LogP contribution < -0.4 is 11.5 Å². The van der Waals surface area contributed by atoms with Gasteiger partial charge in [0, 0.05) is 12.1 Å². The molecule has 0 aliphatic heterocycles. The molecule has 2 heteroatoms. The highest BCUT2D eigenvalue weighted by Gasteiger charge is 2.30. The van der Waals surface area contributed by atoms with Crippen LogP contribution in [0.1, 0.15) is 52.9 Å².